The largest absolute Gasteiger partial charge is 0.385 e. The second kappa shape index (κ2) is 6.63. The fourth-order valence-electron chi connectivity index (χ4n) is 2.10. The number of hydrogen-bond acceptors (Lipinski definition) is 6. The zero-order valence-corrected chi connectivity index (χ0v) is 13.2. The zero-order chi connectivity index (χ0) is 15.5. The predicted octanol–water partition coefficient (Wildman–Crippen LogP) is 1.81. The standard InChI is InChI=1S/C12H17N3O4S2/c1-2-13-9-3-4-11(15(16)17)12(7-9)21(18,19)14-10-5-6-20-8-10/h3-4,7,10,13-14H,2,5-6,8H2,1H3. The van der Waals surface area contributed by atoms with Crippen molar-refractivity contribution in [2.45, 2.75) is 24.3 Å². The molecular weight excluding hydrogens is 314 g/mol. The van der Waals surface area contributed by atoms with Gasteiger partial charge in [-0.05, 0) is 31.2 Å². The lowest BCUT2D eigenvalue weighted by Crippen LogP contribution is -2.35. The number of benzene rings is 1. The van der Waals surface area contributed by atoms with Crippen LogP contribution in [0, 0.1) is 10.1 Å². The van der Waals surface area contributed by atoms with Gasteiger partial charge in [-0.2, -0.15) is 11.8 Å². The van der Waals surface area contributed by atoms with Crippen molar-refractivity contribution in [2.24, 2.45) is 0 Å². The van der Waals surface area contributed by atoms with E-state index in [1.165, 1.54) is 18.2 Å². The van der Waals surface area contributed by atoms with Gasteiger partial charge in [-0.3, -0.25) is 10.1 Å². The van der Waals surface area contributed by atoms with E-state index < -0.39 is 20.6 Å². The Bertz CT molecular complexity index is 627. The van der Waals surface area contributed by atoms with Gasteiger partial charge >= 0.3 is 0 Å². The number of sulfonamides is 1. The van der Waals surface area contributed by atoms with Crippen LogP contribution in [0.25, 0.3) is 0 Å². The van der Waals surface area contributed by atoms with Crippen molar-refractivity contribution in [2.75, 3.05) is 23.4 Å². The van der Waals surface area contributed by atoms with Gasteiger partial charge in [0, 0.05) is 30.1 Å². The Morgan fingerprint density at radius 1 is 1.48 bits per heavy atom. The molecule has 2 N–H and O–H groups in total. The van der Waals surface area contributed by atoms with Crippen LogP contribution in [0.3, 0.4) is 0 Å². The molecule has 1 aromatic carbocycles. The number of rotatable bonds is 6. The molecule has 21 heavy (non-hydrogen) atoms. The van der Waals surface area contributed by atoms with Crippen LogP contribution < -0.4 is 10.0 Å². The summed E-state index contributed by atoms with van der Waals surface area (Å²) in [5.41, 5.74) is 0.138. The van der Waals surface area contributed by atoms with Crippen molar-refractivity contribution in [1.82, 2.24) is 4.72 Å². The molecule has 0 bridgehead atoms. The summed E-state index contributed by atoms with van der Waals surface area (Å²) in [7, 11) is -3.91. The van der Waals surface area contributed by atoms with Crippen LogP contribution >= 0.6 is 11.8 Å². The van der Waals surface area contributed by atoms with Crippen molar-refractivity contribution < 1.29 is 13.3 Å². The lowest BCUT2D eigenvalue weighted by Gasteiger charge is -2.13. The lowest BCUT2D eigenvalue weighted by atomic mass is 10.3. The lowest BCUT2D eigenvalue weighted by molar-refractivity contribution is -0.387. The van der Waals surface area contributed by atoms with Gasteiger partial charge in [0.15, 0.2) is 4.90 Å². The Morgan fingerprint density at radius 2 is 2.24 bits per heavy atom. The molecule has 1 heterocycles. The third kappa shape index (κ3) is 3.86. The Labute approximate surface area is 127 Å². The molecular formula is C12H17N3O4S2. The molecule has 0 amide bonds. The number of nitrogens with zero attached hydrogens (tertiary/aromatic N) is 1. The van der Waals surface area contributed by atoms with Crippen LogP contribution in [0.1, 0.15) is 13.3 Å². The summed E-state index contributed by atoms with van der Waals surface area (Å²) in [6, 6.07) is 3.87. The summed E-state index contributed by atoms with van der Waals surface area (Å²) in [6.07, 6.45) is 0.741. The highest BCUT2D eigenvalue weighted by molar-refractivity contribution is 7.99. The van der Waals surface area contributed by atoms with Crippen molar-refractivity contribution in [3.63, 3.8) is 0 Å². The number of hydrogen-bond donors (Lipinski definition) is 2. The maximum Gasteiger partial charge on any atom is 0.289 e. The van der Waals surface area contributed by atoms with Crippen LogP contribution in [-0.2, 0) is 10.0 Å². The molecule has 1 aromatic rings. The predicted molar refractivity (Wildman–Crippen MR) is 83.3 cm³/mol. The normalized spacial score (nSPS) is 18.6. The van der Waals surface area contributed by atoms with Gasteiger partial charge in [-0.25, -0.2) is 13.1 Å². The number of thioether (sulfide) groups is 1. The van der Waals surface area contributed by atoms with Crippen LogP contribution in [0.5, 0.6) is 0 Å². The molecule has 0 spiro atoms. The molecule has 1 aliphatic heterocycles. The van der Waals surface area contributed by atoms with Gasteiger partial charge < -0.3 is 5.32 Å². The first-order chi connectivity index (χ1) is 9.94. The van der Waals surface area contributed by atoms with Gasteiger partial charge in [-0.15, -0.1) is 0 Å². The van der Waals surface area contributed by atoms with Gasteiger partial charge in [-0.1, -0.05) is 0 Å². The van der Waals surface area contributed by atoms with E-state index in [0.717, 1.165) is 12.2 Å². The average Bonchev–Trinajstić information content (AvgIpc) is 2.91. The highest BCUT2D eigenvalue weighted by atomic mass is 32.2. The summed E-state index contributed by atoms with van der Waals surface area (Å²) >= 11 is 1.67. The second-order valence-electron chi connectivity index (χ2n) is 4.65. The summed E-state index contributed by atoms with van der Waals surface area (Å²) in [5.74, 6) is 1.59. The van der Waals surface area contributed by atoms with Crippen molar-refractivity contribution in [3.8, 4) is 0 Å². The fraction of sp³-hybridized carbons (Fsp3) is 0.500. The van der Waals surface area contributed by atoms with Crippen LogP contribution in [0.15, 0.2) is 23.1 Å². The van der Waals surface area contributed by atoms with Crippen molar-refractivity contribution in [3.05, 3.63) is 28.3 Å². The summed E-state index contributed by atoms with van der Waals surface area (Å²) in [4.78, 5) is 10.1. The SMILES string of the molecule is CCNc1ccc([N+](=O)[O-])c(S(=O)(=O)NC2CCSC2)c1. The maximum absolute atomic E-state index is 12.4. The average molecular weight is 331 g/mol. The molecule has 1 atom stereocenters. The van der Waals surface area contributed by atoms with Gasteiger partial charge in [0.05, 0.1) is 4.92 Å². The van der Waals surface area contributed by atoms with E-state index in [9.17, 15) is 18.5 Å². The van der Waals surface area contributed by atoms with E-state index in [-0.39, 0.29) is 10.9 Å². The molecule has 9 heteroatoms. The van der Waals surface area contributed by atoms with Crippen LogP contribution in [0.2, 0.25) is 0 Å². The zero-order valence-electron chi connectivity index (χ0n) is 11.5. The first-order valence-corrected chi connectivity index (χ1v) is 9.20. The van der Waals surface area contributed by atoms with Crippen LogP contribution in [-0.4, -0.2) is 37.4 Å². The molecule has 1 aliphatic rings. The first kappa shape index (κ1) is 16.1. The van der Waals surface area contributed by atoms with Gasteiger partial charge in [0.25, 0.3) is 5.69 Å². The molecule has 1 unspecified atom stereocenters. The molecule has 0 saturated carbocycles. The quantitative estimate of drug-likeness (QED) is 0.609. The highest BCUT2D eigenvalue weighted by Gasteiger charge is 2.29. The minimum absolute atomic E-state index is 0.164. The van der Waals surface area contributed by atoms with Crippen LogP contribution in [0.4, 0.5) is 11.4 Å². The van der Waals surface area contributed by atoms with Crippen molar-refractivity contribution in [1.29, 1.82) is 0 Å². The summed E-state index contributed by atoms with van der Waals surface area (Å²) in [5, 5.41) is 14.0. The Balaban J connectivity index is 2.38. The molecule has 0 aliphatic carbocycles. The van der Waals surface area contributed by atoms with E-state index in [2.05, 4.69) is 10.0 Å². The van der Waals surface area contributed by atoms with Gasteiger partial charge in [0.2, 0.25) is 10.0 Å². The van der Waals surface area contributed by atoms with E-state index >= 15 is 0 Å². The highest BCUT2D eigenvalue weighted by Crippen LogP contribution is 2.28. The molecule has 116 valence electrons. The Morgan fingerprint density at radius 3 is 2.81 bits per heavy atom. The summed E-state index contributed by atoms with van der Waals surface area (Å²) in [6.45, 7) is 2.47. The Kier molecular flexibility index (Phi) is 5.07. The van der Waals surface area contributed by atoms with E-state index in [1.54, 1.807) is 11.8 Å². The second-order valence-corrected chi connectivity index (χ2v) is 7.48. The van der Waals surface area contributed by atoms with E-state index in [1.807, 2.05) is 6.92 Å². The maximum atomic E-state index is 12.4. The molecule has 0 radical (unpaired) electrons. The minimum Gasteiger partial charge on any atom is -0.385 e. The van der Waals surface area contributed by atoms with Crippen molar-refractivity contribution >= 4 is 33.2 Å². The molecule has 2 rings (SSSR count). The molecule has 0 aromatic heterocycles. The first-order valence-electron chi connectivity index (χ1n) is 6.56. The molecule has 7 nitrogen and oxygen atoms in total. The number of nitro benzene ring substituents is 1. The third-order valence-corrected chi connectivity index (χ3v) is 5.79. The monoisotopic (exact) mass is 331 g/mol. The van der Waals surface area contributed by atoms with Gasteiger partial charge in [0.1, 0.15) is 0 Å². The summed E-state index contributed by atoms with van der Waals surface area (Å²) < 4.78 is 27.4. The minimum atomic E-state index is -3.91. The number of anilines is 1. The molecule has 1 saturated heterocycles. The molecule has 1 fully saturated rings. The van der Waals surface area contributed by atoms with E-state index in [4.69, 9.17) is 0 Å². The number of nitro groups is 1. The number of nitrogens with one attached hydrogen (secondary N) is 2. The Hall–Kier alpha value is -1.32. The fourth-order valence-corrected chi connectivity index (χ4v) is 4.83. The third-order valence-electron chi connectivity index (χ3n) is 3.08. The van der Waals surface area contributed by atoms with E-state index in [0.29, 0.717) is 18.0 Å². The topological polar surface area (TPSA) is 101 Å². The smallest absolute Gasteiger partial charge is 0.289 e.